The van der Waals surface area contributed by atoms with Crippen LogP contribution in [0, 0.1) is 5.82 Å². The van der Waals surface area contributed by atoms with Crippen LogP contribution in [0.5, 0.6) is 0 Å². The van der Waals surface area contributed by atoms with E-state index < -0.39 is 0 Å². The Bertz CT molecular complexity index is 726. The number of benzene rings is 1. The standard InChI is InChI=1S/C20H24FN3OS/c21-16-5-7-17(8-6-16)22-10-12-23(13-11-22)20(25)15-24-9-1-3-18(24)19-4-2-14-26-19/h2,4-8,14,18H,1,3,9-13,15H2/t18-/m1/s1. The number of hydrogen-bond acceptors (Lipinski definition) is 4. The maximum Gasteiger partial charge on any atom is 0.236 e. The molecule has 0 aliphatic carbocycles. The van der Waals surface area contributed by atoms with Crippen LogP contribution in [0.2, 0.25) is 0 Å². The van der Waals surface area contributed by atoms with Crippen molar-refractivity contribution >= 4 is 22.9 Å². The highest BCUT2D eigenvalue weighted by molar-refractivity contribution is 7.10. The first kappa shape index (κ1) is 17.5. The van der Waals surface area contributed by atoms with E-state index in [0.717, 1.165) is 51.3 Å². The van der Waals surface area contributed by atoms with Crippen LogP contribution in [0.15, 0.2) is 41.8 Å². The van der Waals surface area contributed by atoms with Crippen LogP contribution in [-0.2, 0) is 4.79 Å². The lowest BCUT2D eigenvalue weighted by Gasteiger charge is -2.37. The summed E-state index contributed by atoms with van der Waals surface area (Å²) in [5.74, 6) is 0.0145. The van der Waals surface area contributed by atoms with Crippen LogP contribution in [0.3, 0.4) is 0 Å². The average Bonchev–Trinajstić information content (AvgIpc) is 3.34. The molecule has 1 aromatic heterocycles. The quantitative estimate of drug-likeness (QED) is 0.822. The van der Waals surface area contributed by atoms with Crippen molar-refractivity contribution in [1.29, 1.82) is 0 Å². The predicted octanol–water partition coefficient (Wildman–Crippen LogP) is 3.37. The summed E-state index contributed by atoms with van der Waals surface area (Å²) >= 11 is 1.79. The molecule has 1 atom stereocenters. The molecule has 2 aromatic rings. The number of carbonyl (C=O) groups excluding carboxylic acids is 1. The van der Waals surface area contributed by atoms with Crippen LogP contribution in [0.4, 0.5) is 10.1 Å². The molecule has 4 rings (SSSR count). The highest BCUT2D eigenvalue weighted by Crippen LogP contribution is 2.34. The molecular weight excluding hydrogens is 349 g/mol. The van der Waals surface area contributed by atoms with E-state index in [1.807, 2.05) is 17.0 Å². The van der Waals surface area contributed by atoms with Crippen molar-refractivity contribution in [3.63, 3.8) is 0 Å². The summed E-state index contributed by atoms with van der Waals surface area (Å²) in [6, 6.07) is 11.3. The number of thiophene rings is 1. The second kappa shape index (κ2) is 7.76. The van der Waals surface area contributed by atoms with Crippen molar-refractivity contribution in [2.75, 3.05) is 44.2 Å². The fourth-order valence-corrected chi connectivity index (χ4v) is 4.85. The van der Waals surface area contributed by atoms with Crippen molar-refractivity contribution < 1.29 is 9.18 Å². The van der Waals surface area contributed by atoms with Gasteiger partial charge in [-0.1, -0.05) is 6.07 Å². The monoisotopic (exact) mass is 373 g/mol. The zero-order chi connectivity index (χ0) is 17.9. The number of likely N-dealkylation sites (tertiary alicyclic amines) is 1. The molecule has 0 spiro atoms. The minimum Gasteiger partial charge on any atom is -0.368 e. The van der Waals surface area contributed by atoms with E-state index in [-0.39, 0.29) is 11.7 Å². The molecule has 3 heterocycles. The highest BCUT2D eigenvalue weighted by atomic mass is 32.1. The Labute approximate surface area is 157 Å². The molecule has 6 heteroatoms. The third-order valence-electron chi connectivity index (χ3n) is 5.40. The average molecular weight is 373 g/mol. The van der Waals surface area contributed by atoms with Gasteiger partial charge in [0.05, 0.1) is 6.54 Å². The molecule has 0 N–H and O–H groups in total. The summed E-state index contributed by atoms with van der Waals surface area (Å²) < 4.78 is 13.1. The molecule has 26 heavy (non-hydrogen) atoms. The van der Waals surface area contributed by atoms with Crippen LogP contribution in [0.25, 0.3) is 0 Å². The van der Waals surface area contributed by atoms with Gasteiger partial charge in [0.15, 0.2) is 0 Å². The van der Waals surface area contributed by atoms with Gasteiger partial charge >= 0.3 is 0 Å². The summed E-state index contributed by atoms with van der Waals surface area (Å²) in [6.07, 6.45) is 2.31. The number of nitrogens with zero attached hydrogens (tertiary/aromatic N) is 3. The topological polar surface area (TPSA) is 26.8 Å². The van der Waals surface area contributed by atoms with Crippen LogP contribution in [0.1, 0.15) is 23.8 Å². The number of hydrogen-bond donors (Lipinski definition) is 0. The van der Waals surface area contributed by atoms with Crippen LogP contribution < -0.4 is 4.90 Å². The van der Waals surface area contributed by atoms with Gasteiger partial charge in [0.1, 0.15) is 5.82 Å². The molecule has 1 aromatic carbocycles. The molecule has 1 amide bonds. The van der Waals surface area contributed by atoms with Crippen molar-refractivity contribution in [1.82, 2.24) is 9.80 Å². The Hall–Kier alpha value is -1.92. The normalized spacial score (nSPS) is 21.3. The highest BCUT2D eigenvalue weighted by Gasteiger charge is 2.30. The maximum absolute atomic E-state index is 13.1. The number of halogens is 1. The number of piperazine rings is 1. The third kappa shape index (κ3) is 3.76. The smallest absolute Gasteiger partial charge is 0.236 e. The van der Waals surface area contributed by atoms with E-state index in [2.05, 4.69) is 27.3 Å². The van der Waals surface area contributed by atoms with Crippen LogP contribution in [-0.4, -0.2) is 55.0 Å². The molecule has 138 valence electrons. The molecule has 2 saturated heterocycles. The van der Waals surface area contributed by atoms with E-state index in [4.69, 9.17) is 0 Å². The van der Waals surface area contributed by atoms with E-state index >= 15 is 0 Å². The minimum absolute atomic E-state index is 0.214. The Kier molecular flexibility index (Phi) is 5.22. The Morgan fingerprint density at radius 2 is 1.85 bits per heavy atom. The van der Waals surface area contributed by atoms with Crippen LogP contribution >= 0.6 is 11.3 Å². The molecule has 2 aliphatic heterocycles. The second-order valence-electron chi connectivity index (χ2n) is 6.99. The van der Waals surface area contributed by atoms with Gasteiger partial charge in [0, 0.05) is 42.8 Å². The lowest BCUT2D eigenvalue weighted by molar-refractivity contribution is -0.133. The molecule has 0 radical (unpaired) electrons. The summed E-state index contributed by atoms with van der Waals surface area (Å²) in [5.41, 5.74) is 1.02. The SMILES string of the molecule is O=C(CN1CCC[C@@H]1c1cccs1)N1CCN(c2ccc(F)cc2)CC1. The van der Waals surface area contributed by atoms with Gasteiger partial charge in [0.25, 0.3) is 0 Å². The summed E-state index contributed by atoms with van der Waals surface area (Å²) in [4.78, 5) is 20.7. The van der Waals surface area contributed by atoms with Crippen molar-refractivity contribution in [2.24, 2.45) is 0 Å². The first-order chi connectivity index (χ1) is 12.7. The molecule has 2 aliphatic rings. The lowest BCUT2D eigenvalue weighted by atomic mass is 10.2. The zero-order valence-electron chi connectivity index (χ0n) is 14.8. The molecular formula is C20H24FN3OS. The Morgan fingerprint density at radius 3 is 2.54 bits per heavy atom. The molecule has 4 nitrogen and oxygen atoms in total. The molecule has 2 fully saturated rings. The zero-order valence-corrected chi connectivity index (χ0v) is 15.6. The predicted molar refractivity (Wildman–Crippen MR) is 103 cm³/mol. The Morgan fingerprint density at radius 1 is 1.08 bits per heavy atom. The van der Waals surface area contributed by atoms with Gasteiger partial charge in [-0.25, -0.2) is 4.39 Å². The van der Waals surface area contributed by atoms with Gasteiger partial charge in [-0.3, -0.25) is 9.69 Å². The number of anilines is 1. The first-order valence-corrected chi connectivity index (χ1v) is 10.1. The fourth-order valence-electron chi connectivity index (χ4n) is 3.96. The van der Waals surface area contributed by atoms with Gasteiger partial charge in [-0.15, -0.1) is 11.3 Å². The third-order valence-corrected chi connectivity index (χ3v) is 6.37. The number of carbonyl (C=O) groups is 1. The van der Waals surface area contributed by atoms with Gasteiger partial charge in [-0.05, 0) is 55.1 Å². The van der Waals surface area contributed by atoms with Crippen molar-refractivity contribution in [2.45, 2.75) is 18.9 Å². The van der Waals surface area contributed by atoms with E-state index in [1.54, 1.807) is 11.3 Å². The van der Waals surface area contributed by atoms with E-state index in [0.29, 0.717) is 12.6 Å². The summed E-state index contributed by atoms with van der Waals surface area (Å²) in [5, 5.41) is 2.11. The summed E-state index contributed by atoms with van der Waals surface area (Å²) in [7, 11) is 0. The molecule has 0 saturated carbocycles. The second-order valence-corrected chi connectivity index (χ2v) is 7.97. The minimum atomic E-state index is -0.214. The molecule has 0 unspecified atom stereocenters. The van der Waals surface area contributed by atoms with Gasteiger partial charge < -0.3 is 9.80 Å². The van der Waals surface area contributed by atoms with Crippen molar-refractivity contribution in [3.8, 4) is 0 Å². The summed E-state index contributed by atoms with van der Waals surface area (Å²) in [6.45, 7) is 4.57. The van der Waals surface area contributed by atoms with Crippen molar-refractivity contribution in [3.05, 3.63) is 52.5 Å². The molecule has 0 bridgehead atoms. The van der Waals surface area contributed by atoms with Gasteiger partial charge in [0.2, 0.25) is 5.91 Å². The number of amides is 1. The Balaban J connectivity index is 1.31. The van der Waals surface area contributed by atoms with E-state index in [9.17, 15) is 9.18 Å². The lowest BCUT2D eigenvalue weighted by Crippen LogP contribution is -2.51. The fraction of sp³-hybridized carbons (Fsp3) is 0.450. The van der Waals surface area contributed by atoms with Gasteiger partial charge in [-0.2, -0.15) is 0 Å². The number of rotatable bonds is 4. The first-order valence-electron chi connectivity index (χ1n) is 9.26. The maximum atomic E-state index is 13.1. The van der Waals surface area contributed by atoms with E-state index in [1.165, 1.54) is 17.0 Å². The largest absolute Gasteiger partial charge is 0.368 e.